The molecule has 116 valence electrons. The minimum absolute atomic E-state index is 0.00718. The van der Waals surface area contributed by atoms with Gasteiger partial charge in [0.25, 0.3) is 5.56 Å². The Morgan fingerprint density at radius 1 is 1.27 bits per heavy atom. The first-order valence-electron chi connectivity index (χ1n) is 7.84. The third-order valence-electron chi connectivity index (χ3n) is 4.36. The Balaban J connectivity index is 2.05. The Kier molecular flexibility index (Phi) is 3.98. The van der Waals surface area contributed by atoms with E-state index in [1.165, 1.54) is 0 Å². The van der Waals surface area contributed by atoms with Crippen molar-refractivity contribution in [2.75, 3.05) is 19.6 Å². The van der Waals surface area contributed by atoms with Crippen LogP contribution in [-0.2, 0) is 6.54 Å². The Labute approximate surface area is 129 Å². The number of fused-ring (bicyclic) bond motifs is 3. The van der Waals surface area contributed by atoms with Crippen molar-refractivity contribution in [2.45, 2.75) is 27.3 Å². The van der Waals surface area contributed by atoms with E-state index in [1.54, 1.807) is 10.9 Å². The largest absolute Gasteiger partial charge is 0.349 e. The predicted octanol–water partition coefficient (Wildman–Crippen LogP) is 2.53. The Morgan fingerprint density at radius 2 is 2.05 bits per heavy atom. The highest BCUT2D eigenvalue weighted by Crippen LogP contribution is 2.24. The highest BCUT2D eigenvalue weighted by atomic mass is 16.1. The van der Waals surface area contributed by atoms with Crippen LogP contribution >= 0.6 is 0 Å². The fourth-order valence-electron chi connectivity index (χ4n) is 2.96. The number of H-pyrrole nitrogens is 1. The number of nitrogens with zero attached hydrogens (tertiary/aromatic N) is 3. The van der Waals surface area contributed by atoms with Crippen molar-refractivity contribution in [3.8, 4) is 0 Å². The normalized spacial score (nSPS) is 11.8. The molecule has 0 aliphatic carbocycles. The van der Waals surface area contributed by atoms with E-state index >= 15 is 0 Å². The lowest BCUT2D eigenvalue weighted by Crippen LogP contribution is -2.31. The minimum Gasteiger partial charge on any atom is -0.349 e. The summed E-state index contributed by atoms with van der Waals surface area (Å²) in [5, 5.41) is 1.05. The molecule has 0 amide bonds. The second kappa shape index (κ2) is 5.93. The molecule has 0 fully saturated rings. The summed E-state index contributed by atoms with van der Waals surface area (Å²) in [6, 6.07) is 6.03. The van der Waals surface area contributed by atoms with Gasteiger partial charge < -0.3 is 9.88 Å². The number of aromatic nitrogens is 3. The monoisotopic (exact) mass is 298 g/mol. The van der Waals surface area contributed by atoms with E-state index in [-0.39, 0.29) is 5.56 Å². The van der Waals surface area contributed by atoms with Crippen LogP contribution in [0.15, 0.2) is 29.3 Å². The zero-order valence-corrected chi connectivity index (χ0v) is 13.4. The van der Waals surface area contributed by atoms with Crippen LogP contribution in [0.2, 0.25) is 0 Å². The number of benzene rings is 1. The second-order valence-electron chi connectivity index (χ2n) is 5.62. The van der Waals surface area contributed by atoms with E-state index in [0.29, 0.717) is 12.1 Å². The summed E-state index contributed by atoms with van der Waals surface area (Å²) in [6.45, 7) is 9.82. The highest BCUT2D eigenvalue weighted by molar-refractivity contribution is 6.06. The van der Waals surface area contributed by atoms with Crippen molar-refractivity contribution in [1.82, 2.24) is 19.4 Å². The summed E-state index contributed by atoms with van der Waals surface area (Å²) < 4.78 is 1.70. The molecule has 5 heteroatoms. The van der Waals surface area contributed by atoms with Crippen LogP contribution in [0.1, 0.15) is 19.4 Å². The van der Waals surface area contributed by atoms with Gasteiger partial charge in [0.15, 0.2) is 0 Å². The maximum Gasteiger partial charge on any atom is 0.277 e. The van der Waals surface area contributed by atoms with Crippen LogP contribution in [0.3, 0.4) is 0 Å². The van der Waals surface area contributed by atoms with Gasteiger partial charge in [-0.25, -0.2) is 4.98 Å². The lowest BCUT2D eigenvalue weighted by atomic mass is 10.1. The van der Waals surface area contributed by atoms with Crippen LogP contribution in [0.5, 0.6) is 0 Å². The molecule has 3 rings (SSSR count). The number of aromatic amines is 1. The fourth-order valence-corrected chi connectivity index (χ4v) is 2.96. The van der Waals surface area contributed by atoms with Crippen molar-refractivity contribution in [2.24, 2.45) is 0 Å². The Morgan fingerprint density at radius 3 is 2.77 bits per heavy atom. The van der Waals surface area contributed by atoms with Gasteiger partial charge in [-0.3, -0.25) is 9.36 Å². The SMILES string of the molecule is CCN(CC)CCn1cnc2c([nH]c3cccc(C)c32)c1=O. The van der Waals surface area contributed by atoms with Crippen LogP contribution < -0.4 is 5.56 Å². The summed E-state index contributed by atoms with van der Waals surface area (Å²) in [5.41, 5.74) is 3.49. The Hall–Kier alpha value is -2.14. The third kappa shape index (κ3) is 2.41. The molecular formula is C17H22N4O. The molecule has 0 aliphatic rings. The van der Waals surface area contributed by atoms with Crippen molar-refractivity contribution >= 4 is 21.9 Å². The van der Waals surface area contributed by atoms with E-state index in [0.717, 1.165) is 41.6 Å². The van der Waals surface area contributed by atoms with Gasteiger partial charge in [-0.1, -0.05) is 26.0 Å². The molecule has 0 saturated heterocycles. The molecule has 0 bridgehead atoms. The molecule has 0 saturated carbocycles. The maximum atomic E-state index is 12.7. The van der Waals surface area contributed by atoms with Crippen LogP contribution in [-0.4, -0.2) is 39.1 Å². The van der Waals surface area contributed by atoms with Gasteiger partial charge in [-0.2, -0.15) is 0 Å². The molecule has 3 aromatic rings. The van der Waals surface area contributed by atoms with Crippen molar-refractivity contribution < 1.29 is 0 Å². The van der Waals surface area contributed by atoms with Gasteiger partial charge in [0.05, 0.1) is 6.33 Å². The lowest BCUT2D eigenvalue weighted by molar-refractivity contribution is 0.289. The molecule has 2 aromatic heterocycles. The summed E-state index contributed by atoms with van der Waals surface area (Å²) in [4.78, 5) is 22.7. The molecule has 0 radical (unpaired) electrons. The van der Waals surface area contributed by atoms with Crippen molar-refractivity contribution in [3.63, 3.8) is 0 Å². The van der Waals surface area contributed by atoms with Gasteiger partial charge >= 0.3 is 0 Å². The molecule has 0 aliphatic heterocycles. The second-order valence-corrected chi connectivity index (χ2v) is 5.62. The first kappa shape index (κ1) is 14.8. The number of likely N-dealkylation sites (N-methyl/N-ethyl adjacent to an activating group) is 1. The fraction of sp³-hybridized carbons (Fsp3) is 0.412. The molecule has 1 aromatic carbocycles. The first-order valence-corrected chi connectivity index (χ1v) is 7.84. The van der Waals surface area contributed by atoms with Gasteiger partial charge in [0, 0.05) is 24.0 Å². The van der Waals surface area contributed by atoms with E-state index in [9.17, 15) is 4.79 Å². The lowest BCUT2D eigenvalue weighted by Gasteiger charge is -2.18. The molecule has 5 nitrogen and oxygen atoms in total. The molecular weight excluding hydrogens is 276 g/mol. The number of hydrogen-bond donors (Lipinski definition) is 1. The van der Waals surface area contributed by atoms with Crippen molar-refractivity contribution in [3.05, 3.63) is 40.4 Å². The van der Waals surface area contributed by atoms with Crippen LogP contribution in [0.4, 0.5) is 0 Å². The number of nitrogens with one attached hydrogen (secondary N) is 1. The predicted molar refractivity (Wildman–Crippen MR) is 90.4 cm³/mol. The number of rotatable bonds is 5. The van der Waals surface area contributed by atoms with Gasteiger partial charge in [-0.15, -0.1) is 0 Å². The van der Waals surface area contributed by atoms with E-state index in [4.69, 9.17) is 0 Å². The number of aryl methyl sites for hydroxylation is 1. The highest BCUT2D eigenvalue weighted by Gasteiger charge is 2.12. The van der Waals surface area contributed by atoms with Crippen LogP contribution in [0, 0.1) is 6.92 Å². The molecule has 22 heavy (non-hydrogen) atoms. The van der Waals surface area contributed by atoms with E-state index < -0.39 is 0 Å². The molecule has 0 unspecified atom stereocenters. The smallest absolute Gasteiger partial charge is 0.277 e. The van der Waals surface area contributed by atoms with Crippen molar-refractivity contribution in [1.29, 1.82) is 0 Å². The standard InChI is InChI=1S/C17H22N4O/c1-4-20(5-2)9-10-21-11-18-15-14-12(3)7-6-8-13(14)19-16(15)17(21)22/h6-8,11,19H,4-5,9-10H2,1-3H3. The van der Waals surface area contributed by atoms with E-state index in [1.807, 2.05) is 25.1 Å². The summed E-state index contributed by atoms with van der Waals surface area (Å²) >= 11 is 0. The minimum atomic E-state index is 0.00718. The maximum absolute atomic E-state index is 12.7. The first-order chi connectivity index (χ1) is 10.7. The number of hydrogen-bond acceptors (Lipinski definition) is 3. The van der Waals surface area contributed by atoms with E-state index in [2.05, 4.69) is 28.7 Å². The van der Waals surface area contributed by atoms with Gasteiger partial charge in [0.2, 0.25) is 0 Å². The van der Waals surface area contributed by atoms with Gasteiger partial charge in [-0.05, 0) is 31.6 Å². The summed E-state index contributed by atoms with van der Waals surface area (Å²) in [7, 11) is 0. The third-order valence-corrected chi connectivity index (χ3v) is 4.36. The molecule has 0 spiro atoms. The average Bonchev–Trinajstić information content (AvgIpc) is 2.91. The summed E-state index contributed by atoms with van der Waals surface area (Å²) in [5.74, 6) is 0. The molecule has 1 N–H and O–H groups in total. The zero-order valence-electron chi connectivity index (χ0n) is 13.4. The average molecular weight is 298 g/mol. The topological polar surface area (TPSA) is 53.9 Å². The summed E-state index contributed by atoms with van der Waals surface area (Å²) in [6.07, 6.45) is 1.67. The van der Waals surface area contributed by atoms with Gasteiger partial charge in [0.1, 0.15) is 11.0 Å². The van der Waals surface area contributed by atoms with Crippen LogP contribution in [0.25, 0.3) is 21.9 Å². The zero-order chi connectivity index (χ0) is 15.7. The molecule has 2 heterocycles. The Bertz CT molecular complexity index is 858. The quantitative estimate of drug-likeness (QED) is 0.787. The molecule has 0 atom stereocenters.